The summed E-state index contributed by atoms with van der Waals surface area (Å²) in [5, 5.41) is 17.7. The van der Waals surface area contributed by atoms with Crippen molar-refractivity contribution in [2.24, 2.45) is 29.6 Å². The molecule has 0 radical (unpaired) electrons. The molecule has 3 N–H and O–H groups in total. The summed E-state index contributed by atoms with van der Waals surface area (Å²) in [6.07, 6.45) is 10.3. The summed E-state index contributed by atoms with van der Waals surface area (Å²) < 4.78 is 0. The fraction of sp³-hybridized carbons (Fsp3) is 0.952. The monoisotopic (exact) mass is 348 g/mol. The number of aliphatic hydroxyl groups excluding tert-OH is 1. The Morgan fingerprint density at radius 3 is 2.44 bits per heavy atom. The Bertz CT molecular complexity index is 482. The van der Waals surface area contributed by atoms with Crippen LogP contribution in [0.5, 0.6) is 0 Å². The molecule has 1 saturated heterocycles. The van der Waals surface area contributed by atoms with E-state index in [4.69, 9.17) is 0 Å². The van der Waals surface area contributed by atoms with Gasteiger partial charge in [0.05, 0.1) is 12.1 Å². The van der Waals surface area contributed by atoms with Gasteiger partial charge in [-0.3, -0.25) is 4.79 Å². The van der Waals surface area contributed by atoms with Gasteiger partial charge in [0.25, 0.3) is 0 Å². The Morgan fingerprint density at radius 2 is 1.76 bits per heavy atom. The first-order chi connectivity index (χ1) is 12.0. The number of carbonyl (C=O) groups is 1. The SMILES string of the molecule is CC1CCCC2CC(C(=O)NC(C3CC3)C3C(C)CCCC3O)NC12. The maximum Gasteiger partial charge on any atom is 0.237 e. The Morgan fingerprint density at radius 1 is 1.04 bits per heavy atom. The topological polar surface area (TPSA) is 61.4 Å². The zero-order valence-corrected chi connectivity index (χ0v) is 15.9. The van der Waals surface area contributed by atoms with Gasteiger partial charge in [0.15, 0.2) is 0 Å². The van der Waals surface area contributed by atoms with Gasteiger partial charge in [0.1, 0.15) is 0 Å². The number of carbonyl (C=O) groups excluding carboxylic acids is 1. The quantitative estimate of drug-likeness (QED) is 0.732. The second-order valence-electron chi connectivity index (χ2n) is 9.57. The molecule has 25 heavy (non-hydrogen) atoms. The van der Waals surface area contributed by atoms with E-state index in [0.29, 0.717) is 29.7 Å². The third-order valence-corrected chi connectivity index (χ3v) is 7.72. The standard InChI is InChI=1S/C21H36N2O2/c1-12-5-4-8-17(24)18(12)20(14-9-10-14)23-21(25)16-11-15-7-3-6-13(2)19(15)22-16/h12-20,22,24H,3-11H2,1-2H3,(H,23,25). The van der Waals surface area contributed by atoms with E-state index in [1.807, 2.05) is 0 Å². The molecule has 3 aliphatic carbocycles. The zero-order valence-electron chi connectivity index (χ0n) is 15.9. The molecular weight excluding hydrogens is 312 g/mol. The van der Waals surface area contributed by atoms with Crippen LogP contribution in [-0.4, -0.2) is 35.2 Å². The molecule has 1 aliphatic heterocycles. The van der Waals surface area contributed by atoms with Crippen LogP contribution in [0.3, 0.4) is 0 Å². The molecular formula is C21H36N2O2. The van der Waals surface area contributed by atoms with E-state index in [9.17, 15) is 9.90 Å². The molecule has 142 valence electrons. The molecule has 1 heterocycles. The van der Waals surface area contributed by atoms with Crippen LogP contribution in [0.4, 0.5) is 0 Å². The molecule has 8 unspecified atom stereocenters. The van der Waals surface area contributed by atoms with E-state index in [1.54, 1.807) is 0 Å². The third-order valence-electron chi connectivity index (χ3n) is 7.72. The van der Waals surface area contributed by atoms with Crippen molar-refractivity contribution in [2.45, 2.75) is 95.9 Å². The first kappa shape index (κ1) is 17.8. The van der Waals surface area contributed by atoms with Crippen LogP contribution in [-0.2, 0) is 4.79 Å². The largest absolute Gasteiger partial charge is 0.393 e. The lowest BCUT2D eigenvalue weighted by Gasteiger charge is -2.40. The Hall–Kier alpha value is -0.610. The van der Waals surface area contributed by atoms with Crippen LogP contribution in [0, 0.1) is 29.6 Å². The predicted molar refractivity (Wildman–Crippen MR) is 99.0 cm³/mol. The van der Waals surface area contributed by atoms with Crippen LogP contribution < -0.4 is 10.6 Å². The summed E-state index contributed by atoms with van der Waals surface area (Å²) in [4.78, 5) is 13.0. The molecule has 0 spiro atoms. The van der Waals surface area contributed by atoms with Crippen molar-refractivity contribution >= 4 is 5.91 Å². The summed E-state index contributed by atoms with van der Waals surface area (Å²) >= 11 is 0. The molecule has 0 aromatic carbocycles. The minimum Gasteiger partial charge on any atom is -0.393 e. The van der Waals surface area contributed by atoms with Gasteiger partial charge in [-0.15, -0.1) is 0 Å². The minimum absolute atomic E-state index is 0.0205. The third kappa shape index (κ3) is 3.62. The summed E-state index contributed by atoms with van der Waals surface area (Å²) in [5.74, 6) is 2.91. The normalized spacial score (nSPS) is 45.6. The van der Waals surface area contributed by atoms with Crippen molar-refractivity contribution in [2.75, 3.05) is 0 Å². The lowest BCUT2D eigenvalue weighted by Crippen LogP contribution is -2.54. The first-order valence-electron chi connectivity index (χ1n) is 10.8. The molecule has 4 nitrogen and oxygen atoms in total. The highest BCUT2D eigenvalue weighted by Gasteiger charge is 2.46. The van der Waals surface area contributed by atoms with Gasteiger partial charge in [-0.2, -0.15) is 0 Å². The van der Waals surface area contributed by atoms with E-state index < -0.39 is 0 Å². The van der Waals surface area contributed by atoms with Crippen LogP contribution in [0.15, 0.2) is 0 Å². The molecule has 0 bridgehead atoms. The van der Waals surface area contributed by atoms with Gasteiger partial charge in [0, 0.05) is 18.0 Å². The molecule has 1 amide bonds. The number of fused-ring (bicyclic) bond motifs is 1. The smallest absolute Gasteiger partial charge is 0.237 e. The van der Waals surface area contributed by atoms with E-state index in [0.717, 1.165) is 19.3 Å². The number of hydrogen-bond acceptors (Lipinski definition) is 3. The van der Waals surface area contributed by atoms with Gasteiger partial charge in [-0.05, 0) is 62.2 Å². The zero-order chi connectivity index (χ0) is 17.6. The Labute approximate surface area is 152 Å². The van der Waals surface area contributed by atoms with Crippen molar-refractivity contribution in [3.63, 3.8) is 0 Å². The summed E-state index contributed by atoms with van der Waals surface area (Å²) in [6, 6.07) is 0.690. The van der Waals surface area contributed by atoms with Gasteiger partial charge in [-0.25, -0.2) is 0 Å². The average Bonchev–Trinajstić information content (AvgIpc) is 3.32. The number of amides is 1. The summed E-state index contributed by atoms with van der Waals surface area (Å²) in [5.41, 5.74) is 0. The van der Waals surface area contributed by atoms with Crippen molar-refractivity contribution in [1.82, 2.24) is 10.6 Å². The predicted octanol–water partition coefficient (Wildman–Crippen LogP) is 2.85. The highest BCUT2D eigenvalue weighted by molar-refractivity contribution is 5.82. The van der Waals surface area contributed by atoms with Gasteiger partial charge >= 0.3 is 0 Å². The van der Waals surface area contributed by atoms with E-state index in [1.165, 1.54) is 38.5 Å². The molecule has 4 heteroatoms. The maximum absolute atomic E-state index is 13.0. The molecule has 4 fully saturated rings. The Kier molecular flexibility index (Phi) is 5.11. The average molecular weight is 349 g/mol. The summed E-state index contributed by atoms with van der Waals surface area (Å²) in [6.45, 7) is 4.59. The lowest BCUT2D eigenvalue weighted by molar-refractivity contribution is -0.125. The van der Waals surface area contributed by atoms with Gasteiger partial charge in [0.2, 0.25) is 5.91 Å². The second kappa shape index (κ2) is 7.19. The van der Waals surface area contributed by atoms with E-state index in [2.05, 4.69) is 24.5 Å². The van der Waals surface area contributed by atoms with Crippen LogP contribution in [0.25, 0.3) is 0 Å². The molecule has 0 aromatic heterocycles. The van der Waals surface area contributed by atoms with Crippen molar-refractivity contribution in [3.05, 3.63) is 0 Å². The molecule has 0 aromatic rings. The van der Waals surface area contributed by atoms with Crippen LogP contribution >= 0.6 is 0 Å². The number of hydrogen-bond donors (Lipinski definition) is 3. The van der Waals surface area contributed by atoms with Crippen molar-refractivity contribution < 1.29 is 9.90 Å². The molecule has 8 atom stereocenters. The molecule has 4 aliphatic rings. The molecule has 3 saturated carbocycles. The second-order valence-corrected chi connectivity index (χ2v) is 9.57. The van der Waals surface area contributed by atoms with Gasteiger partial charge < -0.3 is 15.7 Å². The fourth-order valence-electron chi connectivity index (χ4n) is 6.13. The lowest BCUT2D eigenvalue weighted by atomic mass is 9.73. The van der Waals surface area contributed by atoms with Crippen LogP contribution in [0.2, 0.25) is 0 Å². The van der Waals surface area contributed by atoms with E-state index in [-0.39, 0.29) is 30.0 Å². The minimum atomic E-state index is -0.242. The number of nitrogens with one attached hydrogen (secondary N) is 2. The highest BCUT2D eigenvalue weighted by Crippen LogP contribution is 2.43. The van der Waals surface area contributed by atoms with Crippen molar-refractivity contribution in [3.8, 4) is 0 Å². The number of rotatable bonds is 4. The molecule has 4 rings (SSSR count). The van der Waals surface area contributed by atoms with Crippen molar-refractivity contribution in [1.29, 1.82) is 0 Å². The summed E-state index contributed by atoms with van der Waals surface area (Å²) in [7, 11) is 0. The number of aliphatic hydroxyl groups is 1. The Balaban J connectivity index is 1.41. The fourth-order valence-corrected chi connectivity index (χ4v) is 6.13. The van der Waals surface area contributed by atoms with E-state index >= 15 is 0 Å². The van der Waals surface area contributed by atoms with Gasteiger partial charge in [-0.1, -0.05) is 33.1 Å². The first-order valence-corrected chi connectivity index (χ1v) is 10.8. The maximum atomic E-state index is 13.0. The van der Waals surface area contributed by atoms with Crippen LogP contribution in [0.1, 0.15) is 71.6 Å². The highest BCUT2D eigenvalue weighted by atomic mass is 16.3.